The normalized spacial score (nSPS) is 15.3. The highest BCUT2D eigenvalue weighted by molar-refractivity contribution is 7.81. The summed E-state index contributed by atoms with van der Waals surface area (Å²) in [6, 6.07) is 15.5. The molecule has 7 heteroatoms. The molecule has 164 valence electrons. The van der Waals surface area contributed by atoms with E-state index >= 15 is 0 Å². The number of hydrogen-bond donors (Lipinski definition) is 2. The maximum Gasteiger partial charge on any atom is 0.360 e. The van der Waals surface area contributed by atoms with Crippen LogP contribution in [0.5, 0.6) is 0 Å². The number of allylic oxidation sites excluding steroid dienone is 8. The molecule has 0 aliphatic heterocycles. The van der Waals surface area contributed by atoms with Crippen molar-refractivity contribution in [3.05, 3.63) is 107 Å². The molecule has 0 amide bonds. The average molecular weight is 470 g/mol. The summed E-state index contributed by atoms with van der Waals surface area (Å²) in [6.07, 6.45) is 13.0. The molecule has 0 aromatic heterocycles. The molecule has 2 N–H and O–H groups in total. The highest BCUT2D eigenvalue weighted by Gasteiger charge is 2.24. The van der Waals surface area contributed by atoms with Gasteiger partial charge < -0.3 is 14.8 Å². The molecule has 0 saturated carbocycles. The molecule has 2 aromatic rings. The fourth-order valence-corrected chi connectivity index (χ4v) is 4.51. The monoisotopic (exact) mass is 470 g/mol. The van der Waals surface area contributed by atoms with Crippen LogP contribution in [0.15, 0.2) is 95.9 Å². The number of hydrogen-bond acceptors (Lipinski definition) is 5. The van der Waals surface area contributed by atoms with E-state index in [1.807, 2.05) is 85.0 Å². The van der Waals surface area contributed by atoms with Crippen molar-refractivity contribution in [1.82, 2.24) is 0 Å². The number of benzene rings is 2. The molecule has 0 bridgehead atoms. The minimum absolute atomic E-state index is 0.413. The first-order valence-corrected chi connectivity index (χ1v) is 11.8. The van der Waals surface area contributed by atoms with Crippen LogP contribution >= 0.6 is 24.4 Å². The molecule has 0 fully saturated rings. The average Bonchev–Trinajstić information content (AvgIpc) is 2.84. The number of rotatable bonds is 8. The van der Waals surface area contributed by atoms with Gasteiger partial charge in [0, 0.05) is 22.6 Å². The SMILES string of the molecule is OB(C1=CC=CCC1=S)c1cccc(COCc2cccc(B(O)C3=CC=CCC3=S)c2)c1. The van der Waals surface area contributed by atoms with Gasteiger partial charge in [0.05, 0.1) is 13.2 Å². The van der Waals surface area contributed by atoms with Gasteiger partial charge in [-0.2, -0.15) is 0 Å². The maximum atomic E-state index is 10.8. The van der Waals surface area contributed by atoms with Crippen LogP contribution in [-0.4, -0.2) is 33.6 Å². The minimum atomic E-state index is -0.740. The number of thiocarbonyl (C=S) groups is 2. The summed E-state index contributed by atoms with van der Waals surface area (Å²) in [6.45, 7) is -0.653. The van der Waals surface area contributed by atoms with Crippen LogP contribution in [0.2, 0.25) is 0 Å². The standard InChI is InChI=1S/C26H24B2O3S2/c29-27(23-11-1-3-13-25(23)32)21-9-5-7-19(15-21)17-31-18-20-8-6-10-22(16-20)28(30)24-12-2-4-14-26(24)33/h1-12,15-16,29-30H,13-14,17-18H2. The van der Waals surface area contributed by atoms with Crippen molar-refractivity contribution in [3.8, 4) is 0 Å². The van der Waals surface area contributed by atoms with Gasteiger partial charge in [-0.05, 0) is 33.0 Å². The van der Waals surface area contributed by atoms with Crippen LogP contribution in [-0.2, 0) is 18.0 Å². The summed E-state index contributed by atoms with van der Waals surface area (Å²) in [5.74, 6) is 0. The summed E-state index contributed by atoms with van der Waals surface area (Å²) < 4.78 is 5.94. The summed E-state index contributed by atoms with van der Waals surface area (Å²) >= 11 is 10.8. The van der Waals surface area contributed by atoms with Crippen LogP contribution in [0, 0.1) is 0 Å². The van der Waals surface area contributed by atoms with Gasteiger partial charge >= 0.3 is 13.8 Å². The molecule has 3 nitrogen and oxygen atoms in total. The van der Waals surface area contributed by atoms with Crippen LogP contribution in [0.1, 0.15) is 24.0 Å². The first kappa shape index (κ1) is 23.7. The van der Waals surface area contributed by atoms with Gasteiger partial charge in [0.15, 0.2) is 0 Å². The van der Waals surface area contributed by atoms with E-state index in [1.54, 1.807) is 0 Å². The van der Waals surface area contributed by atoms with Crippen molar-refractivity contribution in [3.63, 3.8) is 0 Å². The lowest BCUT2D eigenvalue weighted by Crippen LogP contribution is -2.36. The van der Waals surface area contributed by atoms with Gasteiger partial charge in [0.1, 0.15) is 0 Å². The second-order valence-corrected chi connectivity index (χ2v) is 9.13. The minimum Gasteiger partial charge on any atom is -0.443 e. The van der Waals surface area contributed by atoms with Crippen molar-refractivity contribution in [2.75, 3.05) is 0 Å². The molecule has 0 unspecified atom stereocenters. The second kappa shape index (κ2) is 11.1. The van der Waals surface area contributed by atoms with E-state index in [-0.39, 0.29) is 0 Å². The van der Waals surface area contributed by atoms with E-state index in [4.69, 9.17) is 29.2 Å². The largest absolute Gasteiger partial charge is 0.443 e. The number of ether oxygens (including phenoxy) is 1. The second-order valence-electron chi connectivity index (χ2n) is 8.14. The third kappa shape index (κ3) is 5.94. The highest BCUT2D eigenvalue weighted by Crippen LogP contribution is 2.15. The van der Waals surface area contributed by atoms with Gasteiger partial charge in [-0.15, -0.1) is 0 Å². The molecule has 2 aliphatic rings. The molecule has 2 aliphatic carbocycles. The fraction of sp³-hybridized carbons (Fsp3) is 0.154. The maximum absolute atomic E-state index is 10.8. The summed E-state index contributed by atoms with van der Waals surface area (Å²) in [5, 5.41) is 21.6. The quantitative estimate of drug-likeness (QED) is 0.458. The van der Waals surface area contributed by atoms with Gasteiger partial charge in [0.25, 0.3) is 0 Å². The first-order chi connectivity index (χ1) is 16.0. The van der Waals surface area contributed by atoms with Gasteiger partial charge in [-0.1, -0.05) is 109 Å². The van der Waals surface area contributed by atoms with Crippen molar-refractivity contribution in [2.24, 2.45) is 0 Å². The van der Waals surface area contributed by atoms with E-state index in [2.05, 4.69) is 0 Å². The molecule has 33 heavy (non-hydrogen) atoms. The van der Waals surface area contributed by atoms with Crippen molar-refractivity contribution >= 4 is 58.9 Å². The topological polar surface area (TPSA) is 49.7 Å². The van der Waals surface area contributed by atoms with Crippen LogP contribution in [0.3, 0.4) is 0 Å². The zero-order valence-electron chi connectivity index (χ0n) is 18.2. The highest BCUT2D eigenvalue weighted by atomic mass is 32.1. The molecular formula is C26H24B2O3S2. The summed E-state index contributed by atoms with van der Waals surface area (Å²) in [5.41, 5.74) is 5.12. The Hall–Kier alpha value is -2.41. The Kier molecular flexibility index (Phi) is 8.02. The van der Waals surface area contributed by atoms with E-state index in [0.717, 1.165) is 42.7 Å². The van der Waals surface area contributed by atoms with E-state index < -0.39 is 13.8 Å². The van der Waals surface area contributed by atoms with Crippen molar-refractivity contribution in [2.45, 2.75) is 26.1 Å². The molecular weight excluding hydrogens is 446 g/mol. The first-order valence-electron chi connectivity index (χ1n) is 10.9. The summed E-state index contributed by atoms with van der Waals surface area (Å²) in [7, 11) is 0. The van der Waals surface area contributed by atoms with Crippen molar-refractivity contribution < 1.29 is 14.8 Å². The molecule has 0 heterocycles. The summed E-state index contributed by atoms with van der Waals surface area (Å²) in [4.78, 5) is 1.55. The third-order valence-corrected chi connectivity index (χ3v) is 6.54. The molecule has 0 radical (unpaired) electrons. The smallest absolute Gasteiger partial charge is 0.360 e. The molecule has 0 saturated heterocycles. The molecule has 2 aromatic carbocycles. The Morgan fingerprint density at radius 1 is 0.727 bits per heavy atom. The van der Waals surface area contributed by atoms with Gasteiger partial charge in [-0.3, -0.25) is 0 Å². The lowest BCUT2D eigenvalue weighted by atomic mass is 9.53. The van der Waals surface area contributed by atoms with E-state index in [1.165, 1.54) is 0 Å². The van der Waals surface area contributed by atoms with Crippen LogP contribution in [0.25, 0.3) is 0 Å². The van der Waals surface area contributed by atoms with Crippen LogP contribution in [0.4, 0.5) is 0 Å². The zero-order chi connectivity index (χ0) is 23.2. The fourth-order valence-electron chi connectivity index (χ4n) is 3.95. The zero-order valence-corrected chi connectivity index (χ0v) is 19.8. The van der Waals surface area contributed by atoms with Crippen LogP contribution < -0.4 is 10.9 Å². The Balaban J connectivity index is 1.38. The van der Waals surface area contributed by atoms with Gasteiger partial charge in [0.2, 0.25) is 0 Å². The Morgan fingerprint density at radius 3 is 1.61 bits per heavy atom. The van der Waals surface area contributed by atoms with Gasteiger partial charge in [-0.25, -0.2) is 0 Å². The van der Waals surface area contributed by atoms with E-state index in [0.29, 0.717) is 26.1 Å². The van der Waals surface area contributed by atoms with E-state index in [9.17, 15) is 10.0 Å². The molecule has 0 spiro atoms. The predicted molar refractivity (Wildman–Crippen MR) is 145 cm³/mol. The third-order valence-electron chi connectivity index (χ3n) is 5.73. The lowest BCUT2D eigenvalue weighted by Gasteiger charge is -2.16. The Bertz CT molecular complexity index is 1090. The molecule has 0 atom stereocenters. The molecule has 4 rings (SSSR count). The Labute approximate surface area is 206 Å². The van der Waals surface area contributed by atoms with Crippen molar-refractivity contribution in [1.29, 1.82) is 0 Å². The lowest BCUT2D eigenvalue weighted by molar-refractivity contribution is 0.107. The Morgan fingerprint density at radius 2 is 1.18 bits per heavy atom. The predicted octanol–water partition coefficient (Wildman–Crippen LogP) is 3.38.